The predicted octanol–water partition coefficient (Wildman–Crippen LogP) is -5.90. The minimum atomic E-state index is -0.528. The van der Waals surface area contributed by atoms with Crippen molar-refractivity contribution in [2.45, 2.75) is 0 Å². The molecule has 1 N–H and O–H groups in total. The van der Waals surface area contributed by atoms with Crippen molar-refractivity contribution in [1.29, 1.82) is 10.5 Å². The van der Waals surface area contributed by atoms with Gasteiger partial charge in [-0.1, -0.05) is 5.16 Å². The van der Waals surface area contributed by atoms with Gasteiger partial charge in [-0.25, -0.2) is 0 Å². The molecule has 0 radical (unpaired) electrons. The van der Waals surface area contributed by atoms with Gasteiger partial charge in [-0.3, -0.25) is 0 Å². The van der Waals surface area contributed by atoms with Crippen molar-refractivity contribution in [2.75, 3.05) is 0 Å². The second-order valence-electron chi connectivity index (χ2n) is 0.672. The van der Waals surface area contributed by atoms with Crippen molar-refractivity contribution in [3.05, 3.63) is 0 Å². The van der Waals surface area contributed by atoms with Gasteiger partial charge in [-0.05, 0) is 0 Å². The van der Waals surface area contributed by atoms with Gasteiger partial charge in [0.25, 0.3) is 5.71 Å². The van der Waals surface area contributed by atoms with Crippen LogP contribution in [-0.2, 0) is 0 Å². The fourth-order valence-electron chi connectivity index (χ4n) is 0.0697. The molecule has 38 valence electrons. The third-order valence-corrected chi connectivity index (χ3v) is 0.312. The zero-order valence-electron chi connectivity index (χ0n) is 7.29. The molecule has 4 nitrogen and oxygen atoms in total. The van der Waals surface area contributed by atoms with Crippen LogP contribution in [0.5, 0.6) is 0 Å². The van der Waals surface area contributed by atoms with Crippen LogP contribution < -0.4 is 59.1 Å². The Bertz CT molecular complexity index is 156. The summed E-state index contributed by atoms with van der Waals surface area (Å²) in [6.45, 7) is 0. The fourth-order valence-corrected chi connectivity index (χ4v) is 0.0697. The van der Waals surface area contributed by atoms with Gasteiger partial charge in [0.05, 0.1) is 0 Å². The first-order chi connectivity index (χ1) is 3.35. The zero-order chi connectivity index (χ0) is 5.70. The Labute approximate surface area is 99.7 Å². The topological polar surface area (TPSA) is 80.2 Å². The third-order valence-electron chi connectivity index (χ3n) is 0.312. The van der Waals surface area contributed by atoms with Crippen molar-refractivity contribution in [1.82, 2.24) is 0 Å². The van der Waals surface area contributed by atoms with E-state index in [1.54, 1.807) is 0 Å². The molecule has 0 saturated carbocycles. The van der Waals surface area contributed by atoms with E-state index in [1.807, 2.05) is 0 Å². The maximum absolute atomic E-state index is 7.76. The van der Waals surface area contributed by atoms with E-state index >= 15 is 0 Å². The molecule has 0 aliphatic carbocycles. The molecule has 0 aliphatic heterocycles. The average Bonchev–Trinajstić information content (AvgIpc) is 1.72. The summed E-state index contributed by atoms with van der Waals surface area (Å²) in [6, 6.07) is 2.68. The number of oxime groups is 1. The molecule has 0 rings (SSSR count). The van der Waals surface area contributed by atoms with Crippen LogP contribution >= 0.6 is 0 Å². The van der Waals surface area contributed by atoms with Crippen LogP contribution in [0.4, 0.5) is 0 Å². The Morgan fingerprint density at radius 3 is 1.67 bits per heavy atom. The molecule has 0 spiro atoms. The van der Waals surface area contributed by atoms with E-state index in [0.717, 1.165) is 0 Å². The van der Waals surface area contributed by atoms with E-state index in [4.69, 9.17) is 15.7 Å². The Kier molecular flexibility index (Phi) is 20.3. The molecule has 0 saturated heterocycles. The molecule has 0 aliphatic rings. The van der Waals surface area contributed by atoms with Crippen LogP contribution in [-0.4, -0.2) is 10.9 Å². The number of nitriles is 2. The van der Waals surface area contributed by atoms with E-state index in [-0.39, 0.29) is 62.0 Å². The number of nitrogens with zero attached hydrogens (tertiary/aromatic N) is 3. The monoisotopic (exact) mass is 143 g/mol. The SMILES string of the molecule is N#CC(C#N)=NO.[H-].[H-].[Na+].[Na+]. The van der Waals surface area contributed by atoms with E-state index in [0.29, 0.717) is 0 Å². The predicted molar refractivity (Wildman–Crippen MR) is 22.7 cm³/mol. The van der Waals surface area contributed by atoms with Crippen LogP contribution in [0.25, 0.3) is 0 Å². The fraction of sp³-hybridized carbons (Fsp3) is 0. The largest absolute Gasteiger partial charge is 1.00 e. The minimum Gasteiger partial charge on any atom is -1.00 e. The molecule has 9 heavy (non-hydrogen) atoms. The van der Waals surface area contributed by atoms with Crippen LogP contribution in [0.3, 0.4) is 0 Å². The van der Waals surface area contributed by atoms with Crippen LogP contribution in [0, 0.1) is 22.7 Å². The van der Waals surface area contributed by atoms with Gasteiger partial charge in [0.15, 0.2) is 0 Å². The van der Waals surface area contributed by atoms with E-state index in [2.05, 4.69) is 5.16 Å². The van der Waals surface area contributed by atoms with Gasteiger partial charge in [0.1, 0.15) is 12.1 Å². The zero-order valence-corrected chi connectivity index (χ0v) is 9.29. The molecule has 0 unspecified atom stereocenters. The maximum Gasteiger partial charge on any atom is 1.00 e. The average molecular weight is 143 g/mol. The molecule has 0 aromatic heterocycles. The summed E-state index contributed by atoms with van der Waals surface area (Å²) in [7, 11) is 0. The van der Waals surface area contributed by atoms with Gasteiger partial charge in [-0.2, -0.15) is 10.5 Å². The molecule has 0 fully saturated rings. The van der Waals surface area contributed by atoms with Crippen LogP contribution in [0.1, 0.15) is 2.85 Å². The maximum atomic E-state index is 7.76. The number of rotatable bonds is 0. The molecule has 0 aromatic carbocycles. The van der Waals surface area contributed by atoms with Crippen LogP contribution in [0.2, 0.25) is 0 Å². The third kappa shape index (κ3) is 8.45. The summed E-state index contributed by atoms with van der Waals surface area (Å²) in [6.07, 6.45) is 0. The van der Waals surface area contributed by atoms with Gasteiger partial charge in [-0.15, -0.1) is 0 Å². The summed E-state index contributed by atoms with van der Waals surface area (Å²) < 4.78 is 0. The van der Waals surface area contributed by atoms with Crippen molar-refractivity contribution >= 4 is 5.71 Å². The summed E-state index contributed by atoms with van der Waals surface area (Å²) in [5, 5.41) is 25.5. The van der Waals surface area contributed by atoms with Gasteiger partial charge in [0.2, 0.25) is 0 Å². The summed E-state index contributed by atoms with van der Waals surface area (Å²) in [5.74, 6) is 0. The van der Waals surface area contributed by atoms with Crippen molar-refractivity contribution in [3.8, 4) is 12.1 Å². The second-order valence-corrected chi connectivity index (χ2v) is 0.672. The van der Waals surface area contributed by atoms with Crippen molar-refractivity contribution < 1.29 is 67.2 Å². The second kappa shape index (κ2) is 11.3. The molecule has 6 heteroatoms. The molecule has 0 heterocycles. The van der Waals surface area contributed by atoms with E-state index < -0.39 is 5.71 Å². The molecule has 0 amide bonds. The number of hydrogen-bond donors (Lipinski definition) is 1. The first kappa shape index (κ1) is 16.2. The Morgan fingerprint density at radius 2 is 1.67 bits per heavy atom. The van der Waals surface area contributed by atoms with Crippen LogP contribution in [0.15, 0.2) is 5.16 Å². The van der Waals surface area contributed by atoms with E-state index in [1.165, 1.54) is 12.1 Å². The first-order valence-corrected chi connectivity index (χ1v) is 1.37. The summed E-state index contributed by atoms with van der Waals surface area (Å²) in [4.78, 5) is 0. The van der Waals surface area contributed by atoms with Gasteiger partial charge < -0.3 is 8.06 Å². The Morgan fingerprint density at radius 1 is 1.33 bits per heavy atom. The molecule has 0 aromatic rings. The standard InChI is InChI=1S/C3HN3O.2Na.2H/c4-1-3(2-5)6-7;;;;/h7H;;;;/q;2*+1;2*-1. The quantitative estimate of drug-likeness (QED) is 0.159. The molecular formula is C3H3N3Na2O. The summed E-state index contributed by atoms with van der Waals surface area (Å²) >= 11 is 0. The normalized spacial score (nSPS) is 4.22. The first-order valence-electron chi connectivity index (χ1n) is 1.37. The Hall–Kier alpha value is 0.450. The van der Waals surface area contributed by atoms with Gasteiger partial charge >= 0.3 is 59.1 Å². The van der Waals surface area contributed by atoms with Crippen molar-refractivity contribution in [3.63, 3.8) is 0 Å². The molecule has 0 bridgehead atoms. The Balaban J connectivity index is -0.0000000300. The molecule has 0 atom stereocenters. The smallest absolute Gasteiger partial charge is 1.00 e. The van der Waals surface area contributed by atoms with Gasteiger partial charge in [0, 0.05) is 0 Å². The molecular weight excluding hydrogens is 140 g/mol. The minimum absolute atomic E-state index is 0. The summed E-state index contributed by atoms with van der Waals surface area (Å²) in [5.41, 5.74) is -0.528. The van der Waals surface area contributed by atoms with E-state index in [9.17, 15) is 0 Å². The number of hydrogen-bond acceptors (Lipinski definition) is 4. The van der Waals surface area contributed by atoms with Crippen molar-refractivity contribution in [2.24, 2.45) is 5.16 Å².